The molecule has 1 unspecified atom stereocenters. The van der Waals surface area contributed by atoms with Crippen LogP contribution in [0.3, 0.4) is 0 Å². The molecule has 1 atom stereocenters. The smallest absolute Gasteiger partial charge is 0.409 e. The molecule has 0 radical (unpaired) electrons. The van der Waals surface area contributed by atoms with Gasteiger partial charge in [0.25, 0.3) is 0 Å². The third-order valence-electron chi connectivity index (χ3n) is 5.62. The molecule has 0 bridgehead atoms. The van der Waals surface area contributed by atoms with Gasteiger partial charge in [0.1, 0.15) is 6.10 Å². The number of ether oxygens (including phenoxy) is 3. The summed E-state index contributed by atoms with van der Waals surface area (Å²) in [7, 11) is 0. The molecule has 1 saturated carbocycles. The van der Waals surface area contributed by atoms with Crippen molar-refractivity contribution < 1.29 is 19.0 Å². The largest absolute Gasteiger partial charge is 0.450 e. The lowest BCUT2D eigenvalue weighted by Crippen LogP contribution is -2.48. The minimum atomic E-state index is -0.376. The summed E-state index contributed by atoms with van der Waals surface area (Å²) in [6.07, 6.45) is 8.26. The molecule has 2 saturated heterocycles. The second-order valence-electron chi connectivity index (χ2n) is 7.71. The highest BCUT2D eigenvalue weighted by atomic mass is 16.7. The van der Waals surface area contributed by atoms with Crippen LogP contribution in [0.2, 0.25) is 0 Å². The maximum atomic E-state index is 11.7. The van der Waals surface area contributed by atoms with Gasteiger partial charge in [-0.25, -0.2) is 4.79 Å². The highest BCUT2D eigenvalue weighted by molar-refractivity contribution is 5.78. The van der Waals surface area contributed by atoms with Crippen LogP contribution >= 0.6 is 0 Å². The Hall–Kier alpha value is -1.54. The van der Waals surface area contributed by atoms with Crippen molar-refractivity contribution in [3.63, 3.8) is 0 Å². The van der Waals surface area contributed by atoms with E-state index in [1.165, 1.54) is 25.7 Å². The van der Waals surface area contributed by atoms with Crippen molar-refractivity contribution in [2.45, 2.75) is 76.2 Å². The molecule has 3 rings (SSSR count). The predicted octanol–water partition coefficient (Wildman–Crippen LogP) is 1.98. The van der Waals surface area contributed by atoms with Crippen molar-refractivity contribution >= 4 is 12.1 Å². The summed E-state index contributed by atoms with van der Waals surface area (Å²) >= 11 is 0. The zero-order chi connectivity index (χ0) is 19.1. The number of carbonyl (C=O) groups is 1. The Balaban J connectivity index is 1.38. The van der Waals surface area contributed by atoms with Gasteiger partial charge in [-0.1, -0.05) is 12.8 Å². The van der Waals surface area contributed by atoms with Crippen molar-refractivity contribution in [1.82, 2.24) is 10.2 Å². The number of guanidine groups is 1. The van der Waals surface area contributed by atoms with E-state index in [1.807, 2.05) is 6.92 Å². The molecule has 3 N–H and O–H groups in total. The van der Waals surface area contributed by atoms with E-state index in [1.54, 1.807) is 4.90 Å². The lowest BCUT2D eigenvalue weighted by Gasteiger charge is -2.31. The van der Waals surface area contributed by atoms with Crippen molar-refractivity contribution in [2.75, 3.05) is 32.8 Å². The molecule has 2 heterocycles. The molecule has 0 aromatic heterocycles. The molecule has 27 heavy (non-hydrogen) atoms. The average Bonchev–Trinajstić information content (AvgIpc) is 2.92. The summed E-state index contributed by atoms with van der Waals surface area (Å²) in [5.74, 6) is 0.0636. The first-order valence-electron chi connectivity index (χ1n) is 10.4. The van der Waals surface area contributed by atoms with Gasteiger partial charge in [-0.2, -0.15) is 0 Å². The van der Waals surface area contributed by atoms with Gasteiger partial charge in [-0.05, 0) is 32.6 Å². The molecule has 1 spiro atoms. The van der Waals surface area contributed by atoms with E-state index in [2.05, 4.69) is 10.3 Å². The topological polar surface area (TPSA) is 98.4 Å². The predicted molar refractivity (Wildman–Crippen MR) is 103 cm³/mol. The summed E-state index contributed by atoms with van der Waals surface area (Å²) < 4.78 is 17.3. The highest BCUT2D eigenvalue weighted by Crippen LogP contribution is 2.36. The normalized spacial score (nSPS) is 26.8. The number of nitrogens with zero attached hydrogens (tertiary/aromatic N) is 2. The van der Waals surface area contributed by atoms with Gasteiger partial charge in [0.15, 0.2) is 11.7 Å². The summed E-state index contributed by atoms with van der Waals surface area (Å²) in [6.45, 7) is 4.68. The summed E-state index contributed by atoms with van der Waals surface area (Å²) in [4.78, 5) is 17.9. The fourth-order valence-corrected chi connectivity index (χ4v) is 4.11. The van der Waals surface area contributed by atoms with Gasteiger partial charge in [0, 0.05) is 32.0 Å². The molecular formula is C19H34N4O4. The number of aliphatic imine (C=N–C) groups is 1. The van der Waals surface area contributed by atoms with Crippen LogP contribution in [-0.2, 0) is 14.2 Å². The molecule has 0 aromatic carbocycles. The van der Waals surface area contributed by atoms with Gasteiger partial charge in [-0.15, -0.1) is 0 Å². The second-order valence-corrected chi connectivity index (χ2v) is 7.71. The number of amides is 1. The second kappa shape index (κ2) is 9.59. The number of nitrogens with one attached hydrogen (secondary N) is 1. The van der Waals surface area contributed by atoms with Crippen LogP contribution in [-0.4, -0.2) is 67.7 Å². The Labute approximate surface area is 161 Å². The molecule has 3 fully saturated rings. The van der Waals surface area contributed by atoms with E-state index < -0.39 is 0 Å². The van der Waals surface area contributed by atoms with Crippen molar-refractivity contribution in [3.8, 4) is 0 Å². The van der Waals surface area contributed by atoms with Crippen LogP contribution in [0, 0.1) is 0 Å². The summed E-state index contributed by atoms with van der Waals surface area (Å²) in [5, 5.41) is 3.27. The van der Waals surface area contributed by atoms with Gasteiger partial charge in [0.05, 0.1) is 19.8 Å². The van der Waals surface area contributed by atoms with Gasteiger partial charge in [-0.3, -0.25) is 4.99 Å². The number of nitrogens with two attached hydrogens (primary N) is 1. The van der Waals surface area contributed by atoms with Crippen LogP contribution in [0.5, 0.6) is 0 Å². The molecule has 1 amide bonds. The Bertz CT molecular complexity index is 512. The molecule has 8 heteroatoms. The minimum absolute atomic E-state index is 0.0193. The van der Waals surface area contributed by atoms with Crippen molar-refractivity contribution in [3.05, 3.63) is 0 Å². The standard InChI is InChI=1S/C19H34N4O4/c1-2-25-18(24)23-11-7-15(8-12-23)22-17(20)21-13-16-14-26-19(27-16)9-5-3-4-6-10-19/h15-16H,2-14H2,1H3,(H3,20,21,22). The monoisotopic (exact) mass is 382 g/mol. The van der Waals surface area contributed by atoms with E-state index in [-0.39, 0.29) is 24.0 Å². The number of hydrogen-bond donors (Lipinski definition) is 2. The van der Waals surface area contributed by atoms with Gasteiger partial charge in [0.2, 0.25) is 0 Å². The summed E-state index contributed by atoms with van der Waals surface area (Å²) in [5.41, 5.74) is 6.06. The summed E-state index contributed by atoms with van der Waals surface area (Å²) in [6, 6.07) is 0.230. The molecular weight excluding hydrogens is 348 g/mol. The zero-order valence-corrected chi connectivity index (χ0v) is 16.5. The fourth-order valence-electron chi connectivity index (χ4n) is 4.11. The van der Waals surface area contributed by atoms with Crippen LogP contribution in [0.15, 0.2) is 4.99 Å². The van der Waals surface area contributed by atoms with E-state index in [0.29, 0.717) is 38.8 Å². The quantitative estimate of drug-likeness (QED) is 0.570. The molecule has 154 valence electrons. The van der Waals surface area contributed by atoms with Crippen LogP contribution < -0.4 is 11.1 Å². The number of carbonyl (C=O) groups excluding carboxylic acids is 1. The highest BCUT2D eigenvalue weighted by Gasteiger charge is 2.41. The lowest BCUT2D eigenvalue weighted by molar-refractivity contribution is -0.174. The Morgan fingerprint density at radius 3 is 2.63 bits per heavy atom. The van der Waals surface area contributed by atoms with Crippen molar-refractivity contribution in [2.24, 2.45) is 10.7 Å². The third kappa shape index (κ3) is 5.72. The van der Waals surface area contributed by atoms with Crippen LogP contribution in [0.1, 0.15) is 58.3 Å². The van der Waals surface area contributed by atoms with Crippen LogP contribution in [0.25, 0.3) is 0 Å². The Morgan fingerprint density at radius 1 is 1.26 bits per heavy atom. The SMILES string of the molecule is CCOC(=O)N1CCC(NC(N)=NCC2COC3(CCCCCC3)O2)CC1. The molecule has 8 nitrogen and oxygen atoms in total. The Kier molecular flexibility index (Phi) is 7.18. The van der Waals surface area contributed by atoms with E-state index in [9.17, 15) is 4.79 Å². The number of likely N-dealkylation sites (tertiary alicyclic amines) is 1. The number of hydrogen-bond acceptors (Lipinski definition) is 5. The third-order valence-corrected chi connectivity index (χ3v) is 5.62. The Morgan fingerprint density at radius 2 is 1.96 bits per heavy atom. The van der Waals surface area contributed by atoms with Gasteiger partial charge >= 0.3 is 6.09 Å². The van der Waals surface area contributed by atoms with E-state index in [0.717, 1.165) is 25.7 Å². The van der Waals surface area contributed by atoms with Gasteiger partial charge < -0.3 is 30.2 Å². The molecule has 2 aliphatic heterocycles. The number of rotatable bonds is 4. The molecule has 0 aromatic rings. The lowest BCUT2D eigenvalue weighted by atomic mass is 10.1. The van der Waals surface area contributed by atoms with E-state index >= 15 is 0 Å². The first kappa shape index (κ1) is 20.2. The average molecular weight is 383 g/mol. The molecule has 3 aliphatic rings. The van der Waals surface area contributed by atoms with E-state index in [4.69, 9.17) is 19.9 Å². The maximum Gasteiger partial charge on any atom is 0.409 e. The molecule has 1 aliphatic carbocycles. The minimum Gasteiger partial charge on any atom is -0.450 e. The fraction of sp³-hybridized carbons (Fsp3) is 0.895. The zero-order valence-electron chi connectivity index (χ0n) is 16.5. The van der Waals surface area contributed by atoms with Crippen molar-refractivity contribution in [1.29, 1.82) is 0 Å². The number of piperidine rings is 1. The van der Waals surface area contributed by atoms with Crippen LogP contribution in [0.4, 0.5) is 4.79 Å². The maximum absolute atomic E-state index is 11.7. The first-order valence-corrected chi connectivity index (χ1v) is 10.4. The first-order chi connectivity index (χ1) is 13.1.